The molecule has 0 spiro atoms. The molecule has 1 aromatic carbocycles. The van der Waals surface area contributed by atoms with Crippen molar-refractivity contribution in [1.29, 1.82) is 0 Å². The van der Waals surface area contributed by atoms with E-state index in [2.05, 4.69) is 10.6 Å². The molecule has 1 fully saturated rings. The van der Waals surface area contributed by atoms with Crippen LogP contribution >= 0.6 is 0 Å². The number of hydrogen-bond donors (Lipinski definition) is 2. The quantitative estimate of drug-likeness (QED) is 0.830. The Hall–Kier alpha value is -1.55. The minimum Gasteiger partial charge on any atom is -0.497 e. The van der Waals surface area contributed by atoms with Gasteiger partial charge in [0.15, 0.2) is 0 Å². The van der Waals surface area contributed by atoms with Crippen molar-refractivity contribution in [2.45, 2.75) is 6.92 Å². The minimum atomic E-state index is 0.0540. The summed E-state index contributed by atoms with van der Waals surface area (Å²) in [6.45, 7) is 3.86. The standard InChI is InChI=1S/C13H18N2O2/c1-9(10-7-14-8-10)13(16)15-11-3-5-12(17-2)6-4-11/h3-6,9-10,14H,7-8H2,1-2H3,(H,15,16). The normalized spacial score (nSPS) is 17.1. The molecule has 0 bridgehead atoms. The SMILES string of the molecule is COc1ccc(NC(=O)C(C)C2CNC2)cc1. The maximum atomic E-state index is 11.9. The van der Waals surface area contributed by atoms with Gasteiger partial charge in [-0.2, -0.15) is 0 Å². The third-order valence-corrected chi connectivity index (χ3v) is 3.29. The monoisotopic (exact) mass is 234 g/mol. The third kappa shape index (κ3) is 2.77. The van der Waals surface area contributed by atoms with Crippen LogP contribution < -0.4 is 15.4 Å². The Labute approximate surface area is 101 Å². The van der Waals surface area contributed by atoms with Crippen LogP contribution in [-0.4, -0.2) is 26.1 Å². The number of rotatable bonds is 4. The van der Waals surface area contributed by atoms with E-state index in [0.29, 0.717) is 5.92 Å². The summed E-state index contributed by atoms with van der Waals surface area (Å²) in [5.74, 6) is 1.40. The van der Waals surface area contributed by atoms with Crippen LogP contribution in [0.5, 0.6) is 5.75 Å². The first-order valence-electron chi connectivity index (χ1n) is 5.86. The molecule has 1 amide bonds. The summed E-state index contributed by atoms with van der Waals surface area (Å²) < 4.78 is 5.07. The number of nitrogens with one attached hydrogen (secondary N) is 2. The average Bonchev–Trinajstić information content (AvgIpc) is 2.27. The lowest BCUT2D eigenvalue weighted by Crippen LogP contribution is -2.48. The van der Waals surface area contributed by atoms with Crippen LogP contribution in [-0.2, 0) is 4.79 Å². The largest absolute Gasteiger partial charge is 0.497 e. The lowest BCUT2D eigenvalue weighted by atomic mass is 9.88. The zero-order valence-electron chi connectivity index (χ0n) is 10.2. The Morgan fingerprint density at radius 1 is 1.41 bits per heavy atom. The van der Waals surface area contributed by atoms with Crippen LogP contribution in [0.4, 0.5) is 5.69 Å². The average molecular weight is 234 g/mol. The van der Waals surface area contributed by atoms with Crippen molar-refractivity contribution in [3.05, 3.63) is 24.3 Å². The van der Waals surface area contributed by atoms with Crippen molar-refractivity contribution in [3.63, 3.8) is 0 Å². The third-order valence-electron chi connectivity index (χ3n) is 3.29. The van der Waals surface area contributed by atoms with Gasteiger partial charge in [-0.05, 0) is 43.3 Å². The second kappa shape index (κ2) is 5.19. The fourth-order valence-corrected chi connectivity index (χ4v) is 1.81. The number of hydrogen-bond acceptors (Lipinski definition) is 3. The summed E-state index contributed by atoms with van der Waals surface area (Å²) >= 11 is 0. The molecule has 1 aliphatic heterocycles. The highest BCUT2D eigenvalue weighted by Gasteiger charge is 2.28. The van der Waals surface area contributed by atoms with Gasteiger partial charge in [-0.15, -0.1) is 0 Å². The second-order valence-electron chi connectivity index (χ2n) is 4.42. The molecule has 0 saturated carbocycles. The Balaban J connectivity index is 1.92. The van der Waals surface area contributed by atoms with Crippen LogP contribution in [0.15, 0.2) is 24.3 Å². The van der Waals surface area contributed by atoms with E-state index in [4.69, 9.17) is 4.74 Å². The fourth-order valence-electron chi connectivity index (χ4n) is 1.81. The highest BCUT2D eigenvalue weighted by Crippen LogP contribution is 2.19. The first kappa shape index (κ1) is 11.9. The number of methoxy groups -OCH3 is 1. The van der Waals surface area contributed by atoms with Gasteiger partial charge in [0.25, 0.3) is 0 Å². The van der Waals surface area contributed by atoms with E-state index in [1.807, 2.05) is 31.2 Å². The van der Waals surface area contributed by atoms with Crippen LogP contribution in [0, 0.1) is 11.8 Å². The van der Waals surface area contributed by atoms with E-state index in [0.717, 1.165) is 24.5 Å². The van der Waals surface area contributed by atoms with Crippen LogP contribution in [0.1, 0.15) is 6.92 Å². The number of carbonyl (C=O) groups excluding carboxylic acids is 1. The number of benzene rings is 1. The molecule has 1 aliphatic rings. The maximum Gasteiger partial charge on any atom is 0.227 e. The van der Waals surface area contributed by atoms with E-state index in [1.165, 1.54) is 0 Å². The smallest absolute Gasteiger partial charge is 0.227 e. The summed E-state index contributed by atoms with van der Waals surface area (Å²) in [6, 6.07) is 7.38. The van der Waals surface area contributed by atoms with Gasteiger partial charge in [0.1, 0.15) is 5.75 Å². The maximum absolute atomic E-state index is 11.9. The number of carbonyl (C=O) groups is 1. The number of amides is 1. The summed E-state index contributed by atoms with van der Waals surface area (Å²) in [4.78, 5) is 11.9. The van der Waals surface area contributed by atoms with Gasteiger partial charge in [-0.3, -0.25) is 4.79 Å². The van der Waals surface area contributed by atoms with Crippen LogP contribution in [0.3, 0.4) is 0 Å². The summed E-state index contributed by atoms with van der Waals surface area (Å²) in [5.41, 5.74) is 0.815. The van der Waals surface area contributed by atoms with Gasteiger partial charge in [-0.1, -0.05) is 6.92 Å². The van der Waals surface area contributed by atoms with Gasteiger partial charge < -0.3 is 15.4 Å². The predicted octanol–water partition coefficient (Wildman–Crippen LogP) is 1.49. The first-order valence-corrected chi connectivity index (χ1v) is 5.86. The van der Waals surface area contributed by atoms with Crippen molar-refractivity contribution in [2.75, 3.05) is 25.5 Å². The van der Waals surface area contributed by atoms with Crippen molar-refractivity contribution < 1.29 is 9.53 Å². The molecular formula is C13H18N2O2. The van der Waals surface area contributed by atoms with Gasteiger partial charge in [0.05, 0.1) is 7.11 Å². The molecule has 2 N–H and O–H groups in total. The van der Waals surface area contributed by atoms with Crippen molar-refractivity contribution in [2.24, 2.45) is 11.8 Å². The Bertz CT molecular complexity index is 385. The summed E-state index contributed by atoms with van der Waals surface area (Å²) in [7, 11) is 1.62. The summed E-state index contributed by atoms with van der Waals surface area (Å²) in [6.07, 6.45) is 0. The van der Waals surface area contributed by atoms with Gasteiger partial charge in [0, 0.05) is 11.6 Å². The molecule has 92 valence electrons. The molecule has 17 heavy (non-hydrogen) atoms. The molecular weight excluding hydrogens is 216 g/mol. The van der Waals surface area contributed by atoms with Crippen molar-refractivity contribution in [1.82, 2.24) is 5.32 Å². The molecule has 4 heteroatoms. The molecule has 2 rings (SSSR count). The van der Waals surface area contributed by atoms with Crippen LogP contribution in [0.2, 0.25) is 0 Å². The predicted molar refractivity (Wildman–Crippen MR) is 67.1 cm³/mol. The van der Waals surface area contributed by atoms with Crippen molar-refractivity contribution in [3.8, 4) is 5.75 Å². The van der Waals surface area contributed by atoms with Crippen LogP contribution in [0.25, 0.3) is 0 Å². The lowest BCUT2D eigenvalue weighted by molar-refractivity contribution is -0.121. The topological polar surface area (TPSA) is 50.4 Å². The molecule has 4 nitrogen and oxygen atoms in total. The van der Waals surface area contributed by atoms with Gasteiger partial charge in [-0.25, -0.2) is 0 Å². The number of anilines is 1. The lowest BCUT2D eigenvalue weighted by Gasteiger charge is -2.31. The van der Waals surface area contributed by atoms with Gasteiger partial charge in [0.2, 0.25) is 5.91 Å². The molecule has 1 unspecified atom stereocenters. The molecule has 0 radical (unpaired) electrons. The summed E-state index contributed by atoms with van der Waals surface area (Å²) in [5, 5.41) is 6.10. The van der Waals surface area contributed by atoms with Gasteiger partial charge >= 0.3 is 0 Å². The zero-order chi connectivity index (χ0) is 12.3. The Morgan fingerprint density at radius 2 is 2.06 bits per heavy atom. The van der Waals surface area contributed by atoms with E-state index in [1.54, 1.807) is 7.11 Å². The molecule has 1 aromatic rings. The molecule has 1 atom stereocenters. The van der Waals surface area contributed by atoms with E-state index in [9.17, 15) is 4.79 Å². The zero-order valence-corrected chi connectivity index (χ0v) is 10.2. The first-order chi connectivity index (χ1) is 8.20. The van der Waals surface area contributed by atoms with E-state index >= 15 is 0 Å². The fraction of sp³-hybridized carbons (Fsp3) is 0.462. The van der Waals surface area contributed by atoms with E-state index in [-0.39, 0.29) is 11.8 Å². The Morgan fingerprint density at radius 3 is 2.53 bits per heavy atom. The minimum absolute atomic E-state index is 0.0540. The molecule has 0 aliphatic carbocycles. The highest BCUT2D eigenvalue weighted by molar-refractivity contribution is 5.92. The molecule has 0 aromatic heterocycles. The number of ether oxygens (including phenoxy) is 1. The van der Waals surface area contributed by atoms with Crippen molar-refractivity contribution >= 4 is 11.6 Å². The Kier molecular flexibility index (Phi) is 3.64. The second-order valence-corrected chi connectivity index (χ2v) is 4.42. The highest BCUT2D eigenvalue weighted by atomic mass is 16.5. The molecule has 1 heterocycles. The van der Waals surface area contributed by atoms with E-state index < -0.39 is 0 Å². The molecule has 1 saturated heterocycles.